The minimum atomic E-state index is -3.13. The summed E-state index contributed by atoms with van der Waals surface area (Å²) in [6.45, 7) is 0.381. The van der Waals surface area contributed by atoms with Crippen LogP contribution in [0.2, 0.25) is 0 Å². The second-order valence-corrected chi connectivity index (χ2v) is 10.3. The van der Waals surface area contributed by atoms with Crippen LogP contribution in [-0.4, -0.2) is 62.0 Å². The van der Waals surface area contributed by atoms with E-state index in [-0.39, 0.29) is 37.2 Å². The summed E-state index contributed by atoms with van der Waals surface area (Å²) < 4.78 is 34.2. The maximum atomic E-state index is 13.4. The summed E-state index contributed by atoms with van der Waals surface area (Å²) in [5.41, 5.74) is 1.46. The molecular weight excluding hydrogens is 470 g/mol. The van der Waals surface area contributed by atoms with E-state index < -0.39 is 15.8 Å². The lowest BCUT2D eigenvalue weighted by Gasteiger charge is -2.33. The van der Waals surface area contributed by atoms with Crippen molar-refractivity contribution < 1.29 is 27.5 Å². The number of carbonyl (C=O) groups is 2. The van der Waals surface area contributed by atoms with Crippen LogP contribution >= 0.6 is 0 Å². The van der Waals surface area contributed by atoms with E-state index in [1.165, 1.54) is 23.1 Å². The Morgan fingerprint density at radius 2 is 1.60 bits per heavy atom. The summed E-state index contributed by atoms with van der Waals surface area (Å²) in [7, 11) is -1.84. The number of sulfone groups is 1. The average molecular weight is 496 g/mol. The van der Waals surface area contributed by atoms with Gasteiger partial charge in [-0.3, -0.25) is 9.88 Å². The van der Waals surface area contributed by atoms with Crippen molar-refractivity contribution in [2.75, 3.05) is 36.6 Å². The number of nitrogens with zero attached hydrogens (tertiary/aromatic N) is 3. The third kappa shape index (κ3) is 6.15. The molecule has 10 heteroatoms. The van der Waals surface area contributed by atoms with Crippen LogP contribution < -0.4 is 9.64 Å². The fourth-order valence-corrected chi connectivity index (χ4v) is 4.78. The highest BCUT2D eigenvalue weighted by Crippen LogP contribution is 2.26. The number of pyridine rings is 1. The number of hydrogen-bond donors (Lipinski definition) is 0. The number of rotatable bonds is 6. The lowest BCUT2D eigenvalue weighted by atomic mass is 10.2. The number of benzene rings is 2. The smallest absolute Gasteiger partial charge is 0.339 e. The van der Waals surface area contributed by atoms with Gasteiger partial charge in [-0.1, -0.05) is 18.2 Å². The van der Waals surface area contributed by atoms with Crippen molar-refractivity contribution in [2.45, 2.75) is 6.54 Å². The van der Waals surface area contributed by atoms with Gasteiger partial charge in [0, 0.05) is 25.0 Å². The molecule has 2 heterocycles. The molecule has 1 fully saturated rings. The summed E-state index contributed by atoms with van der Waals surface area (Å²) in [4.78, 5) is 32.5. The number of carbonyl (C=O) groups excluding carboxylic acids is 2. The number of para-hydroxylation sites is 1. The van der Waals surface area contributed by atoms with Crippen LogP contribution in [0.15, 0.2) is 72.9 Å². The van der Waals surface area contributed by atoms with Crippen LogP contribution in [0.5, 0.6) is 11.5 Å². The zero-order valence-electron chi connectivity index (χ0n) is 19.2. The third-order valence-corrected chi connectivity index (χ3v) is 7.15. The van der Waals surface area contributed by atoms with Crippen molar-refractivity contribution in [3.05, 3.63) is 84.2 Å². The van der Waals surface area contributed by atoms with E-state index in [1.54, 1.807) is 36.4 Å². The highest BCUT2D eigenvalue weighted by molar-refractivity contribution is 7.91. The topological polar surface area (TPSA) is 106 Å². The molecule has 0 N–H and O–H groups in total. The van der Waals surface area contributed by atoms with Crippen LogP contribution in [0.1, 0.15) is 16.1 Å². The summed E-state index contributed by atoms with van der Waals surface area (Å²) in [5, 5.41) is 0. The maximum Gasteiger partial charge on any atom is 0.339 e. The van der Waals surface area contributed by atoms with Crippen LogP contribution in [0.25, 0.3) is 0 Å². The molecule has 35 heavy (non-hydrogen) atoms. The standard InChI is InChI=1S/C25H25N3O6S/c1-33-24(29)19-7-8-20(26-17-19)18-28(25(30)27-13-15-35(31,32)16-14-27)21-9-11-23(12-10-21)34-22-5-3-2-4-6-22/h2-12,17H,13-16,18H2,1H3. The number of esters is 1. The van der Waals surface area contributed by atoms with E-state index in [0.29, 0.717) is 28.4 Å². The predicted octanol–water partition coefficient (Wildman–Crippen LogP) is 3.52. The SMILES string of the molecule is COC(=O)c1ccc(CN(C(=O)N2CCS(=O)(=O)CC2)c2ccc(Oc3ccccc3)cc2)nc1. The van der Waals surface area contributed by atoms with Gasteiger partial charge in [0.15, 0.2) is 9.84 Å². The molecule has 182 valence electrons. The Morgan fingerprint density at radius 3 is 2.20 bits per heavy atom. The van der Waals surface area contributed by atoms with Gasteiger partial charge in [0.05, 0.1) is 36.4 Å². The predicted molar refractivity (Wildman–Crippen MR) is 130 cm³/mol. The molecule has 1 aromatic heterocycles. The van der Waals surface area contributed by atoms with Gasteiger partial charge in [0.1, 0.15) is 11.5 Å². The number of aromatic nitrogens is 1. The Bertz CT molecular complexity index is 1270. The van der Waals surface area contributed by atoms with E-state index >= 15 is 0 Å². The highest BCUT2D eigenvalue weighted by atomic mass is 32.2. The molecule has 9 nitrogen and oxygen atoms in total. The van der Waals surface area contributed by atoms with Crippen molar-refractivity contribution in [1.29, 1.82) is 0 Å². The molecule has 1 aliphatic rings. The lowest BCUT2D eigenvalue weighted by molar-refractivity contribution is 0.0600. The quantitative estimate of drug-likeness (QED) is 0.482. The molecule has 2 aromatic carbocycles. The van der Waals surface area contributed by atoms with Gasteiger partial charge in [-0.2, -0.15) is 0 Å². The molecule has 0 unspecified atom stereocenters. The summed E-state index contributed by atoms with van der Waals surface area (Å²) in [6.07, 6.45) is 1.40. The first kappa shape index (κ1) is 24.2. The lowest BCUT2D eigenvalue weighted by Crippen LogP contribution is -2.49. The molecule has 0 spiro atoms. The first-order valence-corrected chi connectivity index (χ1v) is 12.8. The summed E-state index contributed by atoms with van der Waals surface area (Å²) in [6, 6.07) is 19.3. The van der Waals surface area contributed by atoms with E-state index in [1.807, 2.05) is 30.3 Å². The van der Waals surface area contributed by atoms with Crippen LogP contribution in [0.3, 0.4) is 0 Å². The van der Waals surface area contributed by atoms with Crippen molar-refractivity contribution in [3.63, 3.8) is 0 Å². The molecule has 0 radical (unpaired) electrons. The Kier molecular flexibility index (Phi) is 7.31. The van der Waals surface area contributed by atoms with Crippen LogP contribution in [0, 0.1) is 0 Å². The van der Waals surface area contributed by atoms with Gasteiger partial charge >= 0.3 is 12.0 Å². The molecule has 1 saturated heterocycles. The molecule has 0 aliphatic carbocycles. The fourth-order valence-electron chi connectivity index (χ4n) is 3.58. The number of methoxy groups -OCH3 is 1. The third-order valence-electron chi connectivity index (χ3n) is 5.54. The summed E-state index contributed by atoms with van der Waals surface area (Å²) in [5.74, 6) is 0.667. The first-order valence-electron chi connectivity index (χ1n) is 11.0. The van der Waals surface area contributed by atoms with Crippen LogP contribution in [-0.2, 0) is 21.1 Å². The fraction of sp³-hybridized carbons (Fsp3) is 0.240. The maximum absolute atomic E-state index is 13.4. The van der Waals surface area contributed by atoms with Crippen molar-refractivity contribution in [1.82, 2.24) is 9.88 Å². The molecule has 0 saturated carbocycles. The molecule has 1 aliphatic heterocycles. The molecule has 2 amide bonds. The minimum absolute atomic E-state index is 0.0670. The second-order valence-electron chi connectivity index (χ2n) is 7.95. The number of ether oxygens (including phenoxy) is 2. The van der Waals surface area contributed by atoms with E-state index in [4.69, 9.17) is 9.47 Å². The number of amides is 2. The van der Waals surface area contributed by atoms with Crippen molar-refractivity contribution in [3.8, 4) is 11.5 Å². The first-order chi connectivity index (χ1) is 16.8. The van der Waals surface area contributed by atoms with E-state index in [2.05, 4.69) is 4.98 Å². The Morgan fingerprint density at radius 1 is 0.943 bits per heavy atom. The molecule has 3 aromatic rings. The van der Waals surface area contributed by atoms with Crippen molar-refractivity contribution in [2.24, 2.45) is 0 Å². The van der Waals surface area contributed by atoms with E-state index in [0.717, 1.165) is 0 Å². The zero-order valence-corrected chi connectivity index (χ0v) is 20.0. The largest absolute Gasteiger partial charge is 0.465 e. The Hall–Kier alpha value is -3.92. The number of urea groups is 1. The zero-order chi connectivity index (χ0) is 24.8. The molecule has 0 atom stereocenters. The molecule has 4 rings (SSSR count). The molecular formula is C25H25N3O6S. The normalized spacial score (nSPS) is 14.7. The van der Waals surface area contributed by atoms with Gasteiger partial charge < -0.3 is 14.4 Å². The van der Waals surface area contributed by atoms with Gasteiger partial charge in [0.25, 0.3) is 0 Å². The molecule has 0 bridgehead atoms. The number of hydrogen-bond acceptors (Lipinski definition) is 7. The van der Waals surface area contributed by atoms with Crippen molar-refractivity contribution >= 4 is 27.5 Å². The van der Waals surface area contributed by atoms with Gasteiger partial charge in [-0.05, 0) is 48.5 Å². The second kappa shape index (κ2) is 10.6. The van der Waals surface area contributed by atoms with Gasteiger partial charge in [-0.25, -0.2) is 18.0 Å². The monoisotopic (exact) mass is 495 g/mol. The number of anilines is 1. The minimum Gasteiger partial charge on any atom is -0.465 e. The highest BCUT2D eigenvalue weighted by Gasteiger charge is 2.29. The average Bonchev–Trinajstić information content (AvgIpc) is 2.88. The van der Waals surface area contributed by atoms with Gasteiger partial charge in [-0.15, -0.1) is 0 Å². The van der Waals surface area contributed by atoms with Crippen LogP contribution in [0.4, 0.5) is 10.5 Å². The Balaban J connectivity index is 1.57. The summed E-state index contributed by atoms with van der Waals surface area (Å²) >= 11 is 0. The van der Waals surface area contributed by atoms with Gasteiger partial charge in [0.2, 0.25) is 0 Å². The van der Waals surface area contributed by atoms with E-state index in [9.17, 15) is 18.0 Å². The Labute approximate surface area is 203 Å².